The van der Waals surface area contributed by atoms with Crippen molar-refractivity contribution in [2.75, 3.05) is 52.5 Å². The number of morpholine rings is 1. The molecule has 25 heavy (non-hydrogen) atoms. The third kappa shape index (κ3) is 6.15. The smallest absolute Gasteiger partial charge is 0.219 e. The summed E-state index contributed by atoms with van der Waals surface area (Å²) >= 11 is 0. The summed E-state index contributed by atoms with van der Waals surface area (Å²) in [4.78, 5) is 20.6. The number of rotatable bonds is 5. The highest BCUT2D eigenvalue weighted by molar-refractivity contribution is 5.80. The Morgan fingerprint density at radius 2 is 2.00 bits per heavy atom. The molecule has 144 valence electrons. The molecular weight excluding hydrogens is 318 g/mol. The van der Waals surface area contributed by atoms with Gasteiger partial charge >= 0.3 is 0 Å². The average Bonchev–Trinajstić information content (AvgIpc) is 2.57. The monoisotopic (exact) mass is 353 g/mol. The van der Waals surface area contributed by atoms with Gasteiger partial charge in [0.1, 0.15) is 0 Å². The number of aliphatic imine (C=N–C) groups is 1. The quantitative estimate of drug-likeness (QED) is 0.561. The molecule has 0 aliphatic carbocycles. The Hall–Kier alpha value is -1.34. The molecule has 0 aromatic heterocycles. The van der Waals surface area contributed by atoms with E-state index in [-0.39, 0.29) is 11.4 Å². The molecule has 2 heterocycles. The molecule has 0 aromatic carbocycles. The second-order valence-corrected chi connectivity index (χ2v) is 7.54. The molecule has 0 spiro atoms. The van der Waals surface area contributed by atoms with Gasteiger partial charge in [-0.1, -0.05) is 0 Å². The summed E-state index contributed by atoms with van der Waals surface area (Å²) in [5.41, 5.74) is 0.0824. The predicted molar refractivity (Wildman–Crippen MR) is 101 cm³/mol. The molecule has 2 rings (SSSR count). The minimum atomic E-state index is 0.0824. The van der Waals surface area contributed by atoms with Crippen molar-refractivity contribution in [1.82, 2.24) is 20.4 Å². The lowest BCUT2D eigenvalue weighted by atomic mass is 10.0. The molecule has 2 saturated heterocycles. The number of carbonyl (C=O) groups excluding carboxylic acids is 1. The first-order valence-electron chi connectivity index (χ1n) is 9.55. The summed E-state index contributed by atoms with van der Waals surface area (Å²) in [5.74, 6) is 1.06. The molecule has 0 aromatic rings. The first kappa shape index (κ1) is 20.0. The van der Waals surface area contributed by atoms with E-state index in [0.29, 0.717) is 6.04 Å². The number of ether oxygens (including phenoxy) is 1. The molecule has 7 heteroatoms. The van der Waals surface area contributed by atoms with Crippen LogP contribution < -0.4 is 10.6 Å². The lowest BCUT2D eigenvalue weighted by molar-refractivity contribution is -0.129. The van der Waals surface area contributed by atoms with E-state index in [1.165, 1.54) is 0 Å². The number of hydrogen-bond acceptors (Lipinski definition) is 4. The summed E-state index contributed by atoms with van der Waals surface area (Å²) in [6.07, 6.45) is 1.95. The molecule has 2 aliphatic heterocycles. The van der Waals surface area contributed by atoms with Crippen LogP contribution in [0.2, 0.25) is 0 Å². The SMILES string of the molecule is CCNC(=NCCN1CCOCC1(C)C)NC1CCN(C(C)=O)CC1. The molecule has 2 N–H and O–H groups in total. The average molecular weight is 354 g/mol. The van der Waals surface area contributed by atoms with E-state index >= 15 is 0 Å². The van der Waals surface area contributed by atoms with Crippen molar-refractivity contribution in [2.45, 2.75) is 52.1 Å². The molecular formula is C18H35N5O2. The molecule has 0 saturated carbocycles. The number of carbonyl (C=O) groups is 1. The number of guanidine groups is 1. The van der Waals surface area contributed by atoms with Crippen LogP contribution in [0.3, 0.4) is 0 Å². The molecule has 7 nitrogen and oxygen atoms in total. The van der Waals surface area contributed by atoms with Crippen LogP contribution in [0.4, 0.5) is 0 Å². The number of nitrogens with one attached hydrogen (secondary N) is 2. The molecule has 1 amide bonds. The van der Waals surface area contributed by atoms with Crippen molar-refractivity contribution in [3.8, 4) is 0 Å². The second kappa shape index (κ2) is 9.38. The van der Waals surface area contributed by atoms with Crippen molar-refractivity contribution in [1.29, 1.82) is 0 Å². The highest BCUT2D eigenvalue weighted by Crippen LogP contribution is 2.18. The predicted octanol–water partition coefficient (Wildman–Crippen LogP) is 0.663. The third-order valence-corrected chi connectivity index (χ3v) is 5.08. The van der Waals surface area contributed by atoms with E-state index in [1.807, 2.05) is 4.90 Å². The Morgan fingerprint density at radius 3 is 2.60 bits per heavy atom. The van der Waals surface area contributed by atoms with Gasteiger partial charge in [0.05, 0.1) is 19.8 Å². The highest BCUT2D eigenvalue weighted by atomic mass is 16.5. The standard InChI is InChI=1S/C18H35N5O2/c1-5-19-17(21-16-6-9-22(10-7-16)15(2)24)20-8-11-23-12-13-25-14-18(23,3)4/h16H,5-14H2,1-4H3,(H2,19,20,21). The van der Waals surface area contributed by atoms with Gasteiger partial charge in [0, 0.05) is 51.2 Å². The van der Waals surface area contributed by atoms with Crippen LogP contribution in [0.15, 0.2) is 4.99 Å². The van der Waals surface area contributed by atoms with E-state index in [4.69, 9.17) is 9.73 Å². The van der Waals surface area contributed by atoms with Crippen LogP contribution in [0.1, 0.15) is 40.5 Å². The minimum Gasteiger partial charge on any atom is -0.378 e. The fourth-order valence-electron chi connectivity index (χ4n) is 3.44. The number of piperidine rings is 1. The van der Waals surface area contributed by atoms with E-state index in [9.17, 15) is 4.79 Å². The number of likely N-dealkylation sites (tertiary alicyclic amines) is 1. The number of amides is 1. The first-order valence-corrected chi connectivity index (χ1v) is 9.55. The second-order valence-electron chi connectivity index (χ2n) is 7.54. The Kier molecular flexibility index (Phi) is 7.50. The Morgan fingerprint density at radius 1 is 1.28 bits per heavy atom. The molecule has 0 atom stereocenters. The van der Waals surface area contributed by atoms with Gasteiger partial charge in [0.25, 0.3) is 0 Å². The van der Waals surface area contributed by atoms with Gasteiger partial charge in [-0.2, -0.15) is 0 Å². The number of hydrogen-bond donors (Lipinski definition) is 2. The van der Waals surface area contributed by atoms with E-state index in [2.05, 4.69) is 36.3 Å². The topological polar surface area (TPSA) is 69.2 Å². The maximum atomic E-state index is 11.4. The van der Waals surface area contributed by atoms with Crippen LogP contribution >= 0.6 is 0 Å². The molecule has 2 aliphatic rings. The Balaban J connectivity index is 1.81. The lowest BCUT2D eigenvalue weighted by Crippen LogP contribution is -2.54. The zero-order chi connectivity index (χ0) is 18.3. The fraction of sp³-hybridized carbons (Fsp3) is 0.889. The van der Waals surface area contributed by atoms with Crippen molar-refractivity contribution >= 4 is 11.9 Å². The summed E-state index contributed by atoms with van der Waals surface area (Å²) in [7, 11) is 0. The Labute approximate surface area is 152 Å². The van der Waals surface area contributed by atoms with Crippen molar-refractivity contribution < 1.29 is 9.53 Å². The fourth-order valence-corrected chi connectivity index (χ4v) is 3.44. The van der Waals surface area contributed by atoms with E-state index < -0.39 is 0 Å². The maximum absolute atomic E-state index is 11.4. The van der Waals surface area contributed by atoms with Gasteiger partial charge in [-0.3, -0.25) is 14.7 Å². The highest BCUT2D eigenvalue weighted by Gasteiger charge is 2.29. The summed E-state index contributed by atoms with van der Waals surface area (Å²) in [6.45, 7) is 14.9. The summed E-state index contributed by atoms with van der Waals surface area (Å²) < 4.78 is 5.58. The zero-order valence-corrected chi connectivity index (χ0v) is 16.3. The third-order valence-electron chi connectivity index (χ3n) is 5.08. The van der Waals surface area contributed by atoms with Gasteiger partial charge in [-0.25, -0.2) is 0 Å². The lowest BCUT2D eigenvalue weighted by Gasteiger charge is -2.41. The van der Waals surface area contributed by atoms with Crippen LogP contribution in [0.5, 0.6) is 0 Å². The first-order chi connectivity index (χ1) is 11.9. The van der Waals surface area contributed by atoms with Crippen molar-refractivity contribution in [3.63, 3.8) is 0 Å². The largest absolute Gasteiger partial charge is 0.378 e. The molecule has 0 radical (unpaired) electrons. The van der Waals surface area contributed by atoms with Gasteiger partial charge in [0.2, 0.25) is 5.91 Å². The summed E-state index contributed by atoms with van der Waals surface area (Å²) in [5, 5.41) is 6.87. The zero-order valence-electron chi connectivity index (χ0n) is 16.3. The van der Waals surface area contributed by atoms with Gasteiger partial charge in [0.15, 0.2) is 5.96 Å². The number of nitrogens with zero attached hydrogens (tertiary/aromatic N) is 3. The molecule has 2 fully saturated rings. The van der Waals surface area contributed by atoms with Crippen LogP contribution in [-0.2, 0) is 9.53 Å². The van der Waals surface area contributed by atoms with Crippen LogP contribution in [0.25, 0.3) is 0 Å². The maximum Gasteiger partial charge on any atom is 0.219 e. The van der Waals surface area contributed by atoms with Crippen molar-refractivity contribution in [2.24, 2.45) is 4.99 Å². The van der Waals surface area contributed by atoms with Gasteiger partial charge < -0.3 is 20.3 Å². The Bertz CT molecular complexity index is 458. The van der Waals surface area contributed by atoms with Crippen LogP contribution in [0, 0.1) is 0 Å². The van der Waals surface area contributed by atoms with E-state index in [0.717, 1.165) is 71.3 Å². The van der Waals surface area contributed by atoms with Gasteiger partial charge in [-0.05, 0) is 33.6 Å². The van der Waals surface area contributed by atoms with Crippen molar-refractivity contribution in [3.05, 3.63) is 0 Å². The molecule has 0 bridgehead atoms. The molecule has 0 unspecified atom stereocenters. The van der Waals surface area contributed by atoms with Crippen LogP contribution in [-0.4, -0.2) is 85.7 Å². The summed E-state index contributed by atoms with van der Waals surface area (Å²) in [6, 6.07) is 0.383. The van der Waals surface area contributed by atoms with Gasteiger partial charge in [-0.15, -0.1) is 0 Å². The van der Waals surface area contributed by atoms with E-state index in [1.54, 1.807) is 6.92 Å². The minimum absolute atomic E-state index is 0.0824. The normalized spacial score (nSPS) is 22.7.